The molecule has 0 aliphatic rings. The van der Waals surface area contributed by atoms with Crippen molar-refractivity contribution in [2.45, 2.75) is 0 Å². The highest BCUT2D eigenvalue weighted by molar-refractivity contribution is 7.25. The van der Waals surface area contributed by atoms with E-state index in [9.17, 15) is 0 Å². The number of hydrogen-bond acceptors (Lipinski definition) is 4. The summed E-state index contributed by atoms with van der Waals surface area (Å²) in [6.07, 6.45) is 5.51. The van der Waals surface area contributed by atoms with Crippen LogP contribution in [-0.2, 0) is 0 Å². The number of pyridine rings is 3. The molecule has 2 aromatic carbocycles. The normalized spacial score (nSPS) is 12.0. The first kappa shape index (κ1) is 16.0. The van der Waals surface area contributed by atoms with Crippen molar-refractivity contribution < 1.29 is 0 Å². The van der Waals surface area contributed by atoms with Crippen molar-refractivity contribution in [1.82, 2.24) is 19.5 Å². The van der Waals surface area contributed by atoms with E-state index in [0.717, 1.165) is 38.7 Å². The van der Waals surface area contributed by atoms with Gasteiger partial charge in [0.25, 0.3) is 0 Å². The molecule has 5 aromatic heterocycles. The number of nitrogens with zero attached hydrogens (tertiary/aromatic N) is 4. The molecular weight excluding hydrogens is 388 g/mol. The molecule has 0 bridgehead atoms. The lowest BCUT2D eigenvalue weighted by atomic mass is 10.1. The van der Waals surface area contributed by atoms with Crippen molar-refractivity contribution in [2.24, 2.45) is 0 Å². The van der Waals surface area contributed by atoms with E-state index in [4.69, 9.17) is 9.97 Å². The summed E-state index contributed by atoms with van der Waals surface area (Å²) in [4.78, 5) is 14.0. The van der Waals surface area contributed by atoms with Crippen LogP contribution in [0.4, 0.5) is 0 Å². The maximum atomic E-state index is 4.77. The average molecular weight is 402 g/mol. The van der Waals surface area contributed by atoms with Crippen LogP contribution >= 0.6 is 11.3 Å². The minimum Gasteiger partial charge on any atom is -0.292 e. The van der Waals surface area contributed by atoms with Crippen LogP contribution in [-0.4, -0.2) is 19.5 Å². The number of thiophene rings is 1. The third-order valence-electron chi connectivity index (χ3n) is 5.74. The van der Waals surface area contributed by atoms with Crippen molar-refractivity contribution in [2.75, 3.05) is 0 Å². The molecule has 0 aliphatic carbocycles. The van der Waals surface area contributed by atoms with Gasteiger partial charge in [-0.05, 0) is 48.5 Å². The lowest BCUT2D eigenvalue weighted by Gasteiger charge is -2.09. The molecule has 0 radical (unpaired) electrons. The summed E-state index contributed by atoms with van der Waals surface area (Å²) >= 11 is 1.83. The van der Waals surface area contributed by atoms with Gasteiger partial charge < -0.3 is 0 Å². The molecule has 7 aromatic rings. The summed E-state index contributed by atoms with van der Waals surface area (Å²) in [5, 5.41) is 4.74. The van der Waals surface area contributed by atoms with Crippen molar-refractivity contribution in [3.8, 4) is 5.82 Å². The molecule has 0 atom stereocenters. The van der Waals surface area contributed by atoms with Crippen LogP contribution in [0.2, 0.25) is 0 Å². The van der Waals surface area contributed by atoms with Gasteiger partial charge >= 0.3 is 0 Å². The Hall–Kier alpha value is -3.83. The van der Waals surface area contributed by atoms with Crippen molar-refractivity contribution >= 4 is 64.3 Å². The van der Waals surface area contributed by atoms with Gasteiger partial charge in [-0.15, -0.1) is 11.3 Å². The van der Waals surface area contributed by atoms with E-state index >= 15 is 0 Å². The van der Waals surface area contributed by atoms with Gasteiger partial charge in [-0.1, -0.05) is 18.2 Å². The Morgan fingerprint density at radius 2 is 1.47 bits per heavy atom. The van der Waals surface area contributed by atoms with Gasteiger partial charge in [-0.2, -0.15) is 0 Å². The number of fused-ring (bicyclic) bond motifs is 7. The molecule has 0 amide bonds. The van der Waals surface area contributed by atoms with Crippen LogP contribution in [0.15, 0.2) is 85.3 Å². The van der Waals surface area contributed by atoms with Crippen LogP contribution in [0.1, 0.15) is 0 Å². The monoisotopic (exact) mass is 402 g/mol. The average Bonchev–Trinajstić information content (AvgIpc) is 3.32. The van der Waals surface area contributed by atoms with Crippen LogP contribution < -0.4 is 0 Å². The second-order valence-electron chi connectivity index (χ2n) is 7.37. The largest absolute Gasteiger partial charge is 0.292 e. The minimum absolute atomic E-state index is 0.883. The van der Waals surface area contributed by atoms with Gasteiger partial charge in [0.05, 0.1) is 22.1 Å². The van der Waals surface area contributed by atoms with Gasteiger partial charge in [0, 0.05) is 49.5 Å². The van der Waals surface area contributed by atoms with Crippen LogP contribution in [0.5, 0.6) is 0 Å². The number of hydrogen-bond donors (Lipinski definition) is 0. The number of aromatic nitrogens is 4. The predicted octanol–water partition coefficient (Wildman–Crippen LogP) is 6.49. The van der Waals surface area contributed by atoms with E-state index in [1.54, 1.807) is 0 Å². The second kappa shape index (κ2) is 5.84. The van der Waals surface area contributed by atoms with Gasteiger partial charge in [0.1, 0.15) is 5.82 Å². The van der Waals surface area contributed by atoms with Crippen LogP contribution in [0.3, 0.4) is 0 Å². The molecule has 0 N–H and O–H groups in total. The van der Waals surface area contributed by atoms with Gasteiger partial charge in [-0.3, -0.25) is 14.5 Å². The lowest BCUT2D eigenvalue weighted by molar-refractivity contribution is 1.10. The van der Waals surface area contributed by atoms with Crippen LogP contribution in [0.25, 0.3) is 58.8 Å². The third kappa shape index (κ3) is 2.07. The standard InChI is InChI=1S/C25H14N4S/c1-2-8-22-15(5-1)17-13-18-21(14-23(17)30-22)29(20-7-4-11-27-24(18)20)25-16-6-3-10-26-19(16)9-12-28-25/h1-14H. The quantitative estimate of drug-likeness (QED) is 0.315. The zero-order valence-corrected chi connectivity index (χ0v) is 16.6. The molecule has 4 nitrogen and oxygen atoms in total. The fourth-order valence-corrected chi connectivity index (χ4v) is 5.56. The van der Waals surface area contributed by atoms with Gasteiger partial charge in [-0.25, -0.2) is 4.98 Å². The molecule has 140 valence electrons. The fraction of sp³-hybridized carbons (Fsp3) is 0. The van der Waals surface area contributed by atoms with Crippen molar-refractivity contribution in [3.63, 3.8) is 0 Å². The summed E-state index contributed by atoms with van der Waals surface area (Å²) in [7, 11) is 0. The zero-order valence-electron chi connectivity index (χ0n) is 15.8. The minimum atomic E-state index is 0.883. The first-order valence-corrected chi connectivity index (χ1v) is 10.6. The zero-order chi connectivity index (χ0) is 19.7. The molecular formula is C25H14N4S. The highest BCUT2D eigenvalue weighted by Crippen LogP contribution is 2.40. The fourth-order valence-electron chi connectivity index (χ4n) is 4.44. The van der Waals surface area contributed by atoms with Crippen molar-refractivity contribution in [1.29, 1.82) is 0 Å². The Bertz CT molecular complexity index is 1750. The third-order valence-corrected chi connectivity index (χ3v) is 6.87. The first-order chi connectivity index (χ1) is 14.9. The van der Waals surface area contributed by atoms with E-state index in [0.29, 0.717) is 0 Å². The summed E-state index contributed by atoms with van der Waals surface area (Å²) in [6.45, 7) is 0. The van der Waals surface area contributed by atoms with E-state index in [2.05, 4.69) is 58.1 Å². The molecule has 0 saturated carbocycles. The lowest BCUT2D eigenvalue weighted by Crippen LogP contribution is -1.99. The Labute approximate surface area is 175 Å². The topological polar surface area (TPSA) is 43.6 Å². The number of rotatable bonds is 1. The molecule has 5 heteroatoms. The molecule has 0 spiro atoms. The molecule has 0 saturated heterocycles. The second-order valence-corrected chi connectivity index (χ2v) is 8.46. The van der Waals surface area contributed by atoms with Crippen LogP contribution in [0, 0.1) is 0 Å². The highest BCUT2D eigenvalue weighted by Gasteiger charge is 2.18. The Balaban J connectivity index is 1.71. The molecule has 7 rings (SSSR count). The summed E-state index contributed by atoms with van der Waals surface area (Å²) in [5.74, 6) is 0.883. The van der Waals surface area contributed by atoms with E-state index < -0.39 is 0 Å². The molecule has 0 aliphatic heterocycles. The summed E-state index contributed by atoms with van der Waals surface area (Å²) in [5.41, 5.74) is 4.10. The first-order valence-electron chi connectivity index (χ1n) is 9.79. The van der Waals surface area contributed by atoms with Gasteiger partial charge in [0.15, 0.2) is 0 Å². The molecule has 0 unspecified atom stereocenters. The molecule has 30 heavy (non-hydrogen) atoms. The summed E-state index contributed by atoms with van der Waals surface area (Å²) in [6, 6.07) is 23.3. The maximum absolute atomic E-state index is 4.77. The van der Waals surface area contributed by atoms with E-state index in [-0.39, 0.29) is 0 Å². The predicted molar refractivity (Wildman–Crippen MR) is 125 cm³/mol. The SMILES string of the molecule is c1ccc2c(c1)sc1cc3c(cc12)c1ncccc1n3-c1nccc2ncccc12. The Morgan fingerprint density at radius 3 is 2.47 bits per heavy atom. The van der Waals surface area contributed by atoms with Crippen molar-refractivity contribution in [3.05, 3.63) is 85.3 Å². The van der Waals surface area contributed by atoms with E-state index in [1.165, 1.54) is 20.2 Å². The number of benzene rings is 2. The van der Waals surface area contributed by atoms with E-state index in [1.807, 2.05) is 48.1 Å². The van der Waals surface area contributed by atoms with Gasteiger partial charge in [0.2, 0.25) is 0 Å². The summed E-state index contributed by atoms with van der Waals surface area (Å²) < 4.78 is 4.80. The Kier molecular flexibility index (Phi) is 3.12. The molecule has 0 fully saturated rings. The maximum Gasteiger partial charge on any atom is 0.147 e. The smallest absolute Gasteiger partial charge is 0.147 e. The Morgan fingerprint density at radius 1 is 0.600 bits per heavy atom. The molecule has 5 heterocycles. The highest BCUT2D eigenvalue weighted by atomic mass is 32.1.